The SMILES string of the molecule is Cc1cc(-c2scnc2C)ccc1[C@H](C)NC(=O)[C@@H]1C[C@@H](O)CN1C(=O)[C@H](NC(=O)C1(F)CC1)C(C)(C)C. The zero-order valence-electron chi connectivity index (χ0n) is 22.8. The maximum absolute atomic E-state index is 14.4. The number of amides is 3. The molecule has 2 fully saturated rings. The quantitative estimate of drug-likeness (QED) is 0.493. The van der Waals surface area contributed by atoms with Gasteiger partial charge in [-0.2, -0.15) is 0 Å². The molecule has 0 radical (unpaired) electrons. The van der Waals surface area contributed by atoms with Gasteiger partial charge in [-0.1, -0.05) is 39.0 Å². The van der Waals surface area contributed by atoms with Crippen molar-refractivity contribution in [3.8, 4) is 10.4 Å². The molecule has 10 heteroatoms. The number of rotatable bonds is 7. The Morgan fingerprint density at radius 1 is 1.21 bits per heavy atom. The minimum Gasteiger partial charge on any atom is -0.391 e. The van der Waals surface area contributed by atoms with E-state index in [4.69, 9.17) is 0 Å². The summed E-state index contributed by atoms with van der Waals surface area (Å²) in [4.78, 5) is 46.2. The molecule has 4 rings (SSSR count). The first kappa shape index (κ1) is 28.2. The molecule has 1 aromatic heterocycles. The number of carbonyl (C=O) groups excluding carboxylic acids is 3. The lowest BCUT2D eigenvalue weighted by Crippen LogP contribution is -2.59. The highest BCUT2D eigenvalue weighted by atomic mass is 32.1. The zero-order chi connectivity index (χ0) is 28.0. The van der Waals surface area contributed by atoms with Gasteiger partial charge in [0.15, 0.2) is 5.67 Å². The molecule has 0 spiro atoms. The number of halogens is 1. The summed E-state index contributed by atoms with van der Waals surface area (Å²) in [5.74, 6) is -1.68. The van der Waals surface area contributed by atoms with Gasteiger partial charge in [-0.05, 0) is 55.7 Å². The number of benzene rings is 1. The molecule has 2 heterocycles. The van der Waals surface area contributed by atoms with Crippen LogP contribution < -0.4 is 10.6 Å². The standard InChI is InChI=1S/C28H37FN4O4S/c1-15-11-18(22-17(3)30-14-38-22)7-8-20(15)16(2)31-24(35)21-12-19(34)13-33(21)25(36)23(27(4,5)6)32-26(37)28(29)9-10-28/h7-8,11,14,16,19,21,23,34H,9-10,12-13H2,1-6H3,(H,31,35)(H,32,37)/t16-,19+,21-,23-/m0/s1. The molecule has 1 saturated heterocycles. The van der Waals surface area contributed by atoms with Crippen molar-refractivity contribution in [2.45, 2.75) is 90.7 Å². The highest BCUT2D eigenvalue weighted by Gasteiger charge is 2.53. The van der Waals surface area contributed by atoms with E-state index in [1.165, 1.54) is 4.90 Å². The Morgan fingerprint density at radius 2 is 1.89 bits per heavy atom. The number of β-amino-alcohol motifs (C(OH)–C–C–N with tert-alkyl or cyclic N) is 1. The fourth-order valence-corrected chi connectivity index (χ4v) is 5.79. The van der Waals surface area contributed by atoms with Crippen LogP contribution in [0.2, 0.25) is 0 Å². The maximum Gasteiger partial charge on any atom is 0.258 e. The lowest BCUT2D eigenvalue weighted by atomic mass is 9.85. The molecule has 0 bridgehead atoms. The minimum absolute atomic E-state index is 0.0313. The third-order valence-electron chi connectivity index (χ3n) is 7.45. The summed E-state index contributed by atoms with van der Waals surface area (Å²) in [6.45, 7) is 11.1. The fraction of sp³-hybridized carbons (Fsp3) is 0.571. The van der Waals surface area contributed by atoms with Crippen LogP contribution in [-0.2, 0) is 14.4 Å². The number of thiazole rings is 1. The molecule has 3 amide bonds. The van der Waals surface area contributed by atoms with Gasteiger partial charge in [-0.3, -0.25) is 14.4 Å². The van der Waals surface area contributed by atoms with Gasteiger partial charge in [-0.25, -0.2) is 9.37 Å². The molecule has 1 aromatic carbocycles. The molecule has 8 nitrogen and oxygen atoms in total. The molecular weight excluding hydrogens is 507 g/mol. The number of carbonyl (C=O) groups is 3. The van der Waals surface area contributed by atoms with E-state index in [2.05, 4.69) is 21.7 Å². The van der Waals surface area contributed by atoms with Gasteiger partial charge in [0.05, 0.1) is 28.2 Å². The van der Waals surface area contributed by atoms with Crippen LogP contribution in [-0.4, -0.2) is 63.1 Å². The number of aliphatic hydroxyl groups excluding tert-OH is 1. The van der Waals surface area contributed by atoms with Crippen molar-refractivity contribution in [2.75, 3.05) is 6.54 Å². The van der Waals surface area contributed by atoms with E-state index < -0.39 is 41.1 Å². The Bertz CT molecular complexity index is 1240. The van der Waals surface area contributed by atoms with Crippen LogP contribution in [0, 0.1) is 19.3 Å². The van der Waals surface area contributed by atoms with E-state index in [-0.39, 0.29) is 37.8 Å². The van der Waals surface area contributed by atoms with Crippen molar-refractivity contribution < 1.29 is 23.9 Å². The van der Waals surface area contributed by atoms with Crippen LogP contribution in [0.15, 0.2) is 23.7 Å². The summed E-state index contributed by atoms with van der Waals surface area (Å²) in [6, 6.07) is 3.79. The fourth-order valence-electron chi connectivity index (χ4n) is 4.99. The van der Waals surface area contributed by atoms with Crippen molar-refractivity contribution >= 4 is 29.1 Å². The average molecular weight is 545 g/mol. The summed E-state index contributed by atoms with van der Waals surface area (Å²) in [7, 11) is 0. The molecular formula is C28H37FN4O4S. The van der Waals surface area contributed by atoms with Crippen molar-refractivity contribution in [3.05, 3.63) is 40.5 Å². The Balaban J connectivity index is 1.49. The summed E-state index contributed by atoms with van der Waals surface area (Å²) in [5, 5.41) is 16.0. The Morgan fingerprint density at radius 3 is 2.45 bits per heavy atom. The molecule has 38 heavy (non-hydrogen) atoms. The lowest BCUT2D eigenvalue weighted by molar-refractivity contribution is -0.145. The van der Waals surface area contributed by atoms with Gasteiger partial charge in [0, 0.05) is 13.0 Å². The second-order valence-electron chi connectivity index (χ2n) is 11.7. The second-order valence-corrected chi connectivity index (χ2v) is 12.6. The number of nitrogens with zero attached hydrogens (tertiary/aromatic N) is 2. The first-order chi connectivity index (χ1) is 17.7. The first-order valence-corrected chi connectivity index (χ1v) is 13.9. The van der Waals surface area contributed by atoms with E-state index in [1.54, 1.807) is 32.1 Å². The van der Waals surface area contributed by atoms with Crippen LogP contribution >= 0.6 is 11.3 Å². The predicted octanol–water partition coefficient (Wildman–Crippen LogP) is 3.60. The van der Waals surface area contributed by atoms with E-state index in [1.807, 2.05) is 38.4 Å². The third kappa shape index (κ3) is 5.76. The Hall–Kier alpha value is -2.85. The number of hydrogen-bond acceptors (Lipinski definition) is 6. The van der Waals surface area contributed by atoms with E-state index in [0.29, 0.717) is 0 Å². The van der Waals surface area contributed by atoms with Gasteiger partial charge in [-0.15, -0.1) is 11.3 Å². The number of aromatic nitrogens is 1. The van der Waals surface area contributed by atoms with Crippen molar-refractivity contribution in [3.63, 3.8) is 0 Å². The Kier molecular flexibility index (Phi) is 7.69. The number of hydrogen-bond donors (Lipinski definition) is 3. The molecule has 2 aliphatic rings. The first-order valence-electron chi connectivity index (χ1n) is 13.0. The molecule has 1 saturated carbocycles. The maximum atomic E-state index is 14.4. The number of likely N-dealkylation sites (tertiary alicyclic amines) is 1. The van der Waals surface area contributed by atoms with E-state index in [0.717, 1.165) is 27.3 Å². The number of nitrogens with one attached hydrogen (secondary N) is 2. The molecule has 1 aliphatic carbocycles. The highest BCUT2D eigenvalue weighted by molar-refractivity contribution is 7.13. The molecule has 4 atom stereocenters. The van der Waals surface area contributed by atoms with Crippen LogP contribution in [0.1, 0.15) is 69.8 Å². The highest BCUT2D eigenvalue weighted by Crippen LogP contribution is 2.40. The number of alkyl halides is 1. The molecule has 1 aliphatic heterocycles. The minimum atomic E-state index is -1.92. The van der Waals surface area contributed by atoms with Crippen LogP contribution in [0.25, 0.3) is 10.4 Å². The summed E-state index contributed by atoms with van der Waals surface area (Å²) in [6.07, 6.45) is -0.509. The lowest BCUT2D eigenvalue weighted by Gasteiger charge is -2.35. The molecule has 0 unspecified atom stereocenters. The van der Waals surface area contributed by atoms with Gasteiger partial charge in [0.1, 0.15) is 12.1 Å². The monoisotopic (exact) mass is 544 g/mol. The normalized spacial score (nSPS) is 22.1. The largest absolute Gasteiger partial charge is 0.391 e. The molecule has 2 aromatic rings. The van der Waals surface area contributed by atoms with Crippen LogP contribution in [0.5, 0.6) is 0 Å². The zero-order valence-corrected chi connectivity index (χ0v) is 23.6. The van der Waals surface area contributed by atoms with E-state index >= 15 is 0 Å². The van der Waals surface area contributed by atoms with E-state index in [9.17, 15) is 23.9 Å². The van der Waals surface area contributed by atoms with Crippen LogP contribution in [0.3, 0.4) is 0 Å². The average Bonchev–Trinajstić information content (AvgIpc) is 3.24. The number of aliphatic hydroxyl groups is 1. The van der Waals surface area contributed by atoms with Crippen molar-refractivity contribution in [1.82, 2.24) is 20.5 Å². The predicted molar refractivity (Wildman–Crippen MR) is 144 cm³/mol. The smallest absolute Gasteiger partial charge is 0.258 e. The second kappa shape index (κ2) is 10.4. The summed E-state index contributed by atoms with van der Waals surface area (Å²) in [5.41, 5.74) is 3.16. The van der Waals surface area contributed by atoms with Crippen molar-refractivity contribution in [2.24, 2.45) is 5.41 Å². The Labute approximate surface area is 227 Å². The topological polar surface area (TPSA) is 112 Å². The molecule has 3 N–H and O–H groups in total. The van der Waals surface area contributed by atoms with Gasteiger partial charge in [0.25, 0.3) is 5.91 Å². The summed E-state index contributed by atoms with van der Waals surface area (Å²) < 4.78 is 14.4. The number of aryl methyl sites for hydroxylation is 2. The van der Waals surface area contributed by atoms with Gasteiger partial charge in [0.2, 0.25) is 11.8 Å². The van der Waals surface area contributed by atoms with Gasteiger partial charge >= 0.3 is 0 Å². The third-order valence-corrected chi connectivity index (χ3v) is 8.43. The molecule has 206 valence electrons. The van der Waals surface area contributed by atoms with Crippen LogP contribution in [0.4, 0.5) is 4.39 Å². The summed E-state index contributed by atoms with van der Waals surface area (Å²) >= 11 is 1.58. The van der Waals surface area contributed by atoms with Crippen molar-refractivity contribution in [1.29, 1.82) is 0 Å². The van der Waals surface area contributed by atoms with Gasteiger partial charge < -0.3 is 20.6 Å².